The molecule has 0 unspecified atom stereocenters. The van der Waals surface area contributed by atoms with E-state index in [1.165, 1.54) is 5.56 Å². The summed E-state index contributed by atoms with van der Waals surface area (Å²) in [6.07, 6.45) is 0.337. The average molecular weight is 554 g/mol. The molecule has 192 valence electrons. The smallest absolute Gasteiger partial charge is 0.407 e. The first-order valence-corrected chi connectivity index (χ1v) is 13.1. The Morgan fingerprint density at radius 1 is 1.00 bits per heavy atom. The summed E-state index contributed by atoms with van der Waals surface area (Å²) in [5.41, 5.74) is 6.64. The highest BCUT2D eigenvalue weighted by atomic mass is 79.9. The summed E-state index contributed by atoms with van der Waals surface area (Å²) in [5, 5.41) is 2.88. The molecule has 0 spiro atoms. The van der Waals surface area contributed by atoms with Crippen molar-refractivity contribution in [1.29, 1.82) is 0 Å². The van der Waals surface area contributed by atoms with Crippen molar-refractivity contribution in [3.05, 3.63) is 81.1 Å². The highest BCUT2D eigenvalue weighted by molar-refractivity contribution is 9.10. The van der Waals surface area contributed by atoms with E-state index in [2.05, 4.69) is 66.3 Å². The molecule has 1 N–H and O–H groups in total. The lowest BCUT2D eigenvalue weighted by Crippen LogP contribution is -2.40. The van der Waals surface area contributed by atoms with Gasteiger partial charge in [0.15, 0.2) is 0 Å². The monoisotopic (exact) mass is 552 g/mol. The third-order valence-corrected chi connectivity index (χ3v) is 6.32. The average Bonchev–Trinajstić information content (AvgIpc) is 2.77. The van der Waals surface area contributed by atoms with Gasteiger partial charge in [0, 0.05) is 28.1 Å². The van der Waals surface area contributed by atoms with Crippen LogP contribution >= 0.6 is 15.9 Å². The molecule has 36 heavy (non-hydrogen) atoms. The number of amides is 1. The molecule has 0 aliphatic rings. The largest absolute Gasteiger partial charge is 0.488 e. The van der Waals surface area contributed by atoms with Gasteiger partial charge in [0.05, 0.1) is 4.47 Å². The number of halogens is 1. The van der Waals surface area contributed by atoms with Crippen LogP contribution in [0.1, 0.15) is 62.7 Å². The second kappa shape index (κ2) is 11.9. The highest BCUT2D eigenvalue weighted by Gasteiger charge is 2.23. The van der Waals surface area contributed by atoms with Crippen LogP contribution in [0.4, 0.5) is 4.79 Å². The normalized spacial score (nSPS) is 11.5. The molecule has 1 heterocycles. The standard InChI is InChI=1S/C30H37BrN2O3/c1-19(2)16-26-24(18-36-29(34)33-30(5,6)7)28(22-14-12-20(3)13-15-22)23(21(4)32-26)17-35-27-11-9-8-10-25(27)31/h8-15,19H,16-18H2,1-7H3,(H,33,34). The molecule has 1 amide bonds. The van der Waals surface area contributed by atoms with Gasteiger partial charge in [0.2, 0.25) is 0 Å². The predicted octanol–water partition coefficient (Wildman–Crippen LogP) is 7.93. The van der Waals surface area contributed by atoms with Crippen molar-refractivity contribution < 1.29 is 14.3 Å². The summed E-state index contributed by atoms with van der Waals surface area (Å²) in [7, 11) is 0. The van der Waals surface area contributed by atoms with Gasteiger partial charge in [-0.15, -0.1) is 0 Å². The zero-order valence-electron chi connectivity index (χ0n) is 22.4. The fourth-order valence-corrected chi connectivity index (χ4v) is 4.39. The molecule has 0 fully saturated rings. The molecule has 3 aromatic rings. The number of hydrogen-bond acceptors (Lipinski definition) is 4. The Balaban J connectivity index is 2.11. The Hall–Kier alpha value is -2.86. The van der Waals surface area contributed by atoms with Gasteiger partial charge in [-0.25, -0.2) is 4.79 Å². The van der Waals surface area contributed by atoms with Crippen molar-refractivity contribution in [2.45, 2.75) is 73.6 Å². The third-order valence-electron chi connectivity index (χ3n) is 5.67. The van der Waals surface area contributed by atoms with E-state index in [0.717, 1.165) is 50.3 Å². The number of aromatic nitrogens is 1. The second-order valence-corrected chi connectivity index (χ2v) is 11.5. The van der Waals surface area contributed by atoms with Gasteiger partial charge in [-0.2, -0.15) is 0 Å². The number of hydrogen-bond donors (Lipinski definition) is 1. The van der Waals surface area contributed by atoms with Gasteiger partial charge < -0.3 is 14.8 Å². The van der Waals surface area contributed by atoms with Crippen molar-refractivity contribution in [2.24, 2.45) is 5.92 Å². The quantitative estimate of drug-likeness (QED) is 0.308. The first-order chi connectivity index (χ1) is 16.9. The Morgan fingerprint density at radius 3 is 2.28 bits per heavy atom. The fraction of sp³-hybridized carbons (Fsp3) is 0.400. The Kier molecular flexibility index (Phi) is 9.18. The molecule has 0 aliphatic heterocycles. The number of rotatable bonds is 8. The van der Waals surface area contributed by atoms with Crippen molar-refractivity contribution in [3.63, 3.8) is 0 Å². The van der Waals surface area contributed by atoms with E-state index in [0.29, 0.717) is 12.5 Å². The topological polar surface area (TPSA) is 60.5 Å². The van der Waals surface area contributed by atoms with Crippen LogP contribution in [0.2, 0.25) is 0 Å². The lowest BCUT2D eigenvalue weighted by molar-refractivity contribution is 0.131. The van der Waals surface area contributed by atoms with Crippen LogP contribution in [-0.2, 0) is 24.4 Å². The molecule has 1 aromatic heterocycles. The molecule has 0 saturated carbocycles. The number of pyridine rings is 1. The molecule has 0 saturated heterocycles. The van der Waals surface area contributed by atoms with Crippen LogP contribution in [0.3, 0.4) is 0 Å². The number of nitrogens with zero attached hydrogens (tertiary/aromatic N) is 1. The van der Waals surface area contributed by atoms with Crippen LogP contribution < -0.4 is 10.1 Å². The first kappa shape index (κ1) is 27.7. The Morgan fingerprint density at radius 2 is 1.67 bits per heavy atom. The molecule has 0 aliphatic carbocycles. The number of alkyl carbamates (subject to hydrolysis) is 1. The van der Waals surface area contributed by atoms with E-state index < -0.39 is 6.09 Å². The summed E-state index contributed by atoms with van der Waals surface area (Å²) in [4.78, 5) is 17.6. The van der Waals surface area contributed by atoms with E-state index in [1.54, 1.807) is 0 Å². The maximum atomic E-state index is 12.6. The fourth-order valence-electron chi connectivity index (χ4n) is 3.99. The van der Waals surface area contributed by atoms with Gasteiger partial charge in [-0.05, 0) is 86.1 Å². The zero-order valence-corrected chi connectivity index (χ0v) is 24.0. The highest BCUT2D eigenvalue weighted by Crippen LogP contribution is 2.35. The number of benzene rings is 2. The van der Waals surface area contributed by atoms with Crippen LogP contribution in [0.5, 0.6) is 5.75 Å². The Labute approximate surface area is 223 Å². The molecule has 0 radical (unpaired) electrons. The van der Waals surface area contributed by atoms with Gasteiger partial charge in [-0.1, -0.05) is 55.8 Å². The van der Waals surface area contributed by atoms with Crippen molar-refractivity contribution >= 4 is 22.0 Å². The predicted molar refractivity (Wildman–Crippen MR) is 149 cm³/mol. The summed E-state index contributed by atoms with van der Waals surface area (Å²) in [6.45, 7) is 14.7. The zero-order chi connectivity index (χ0) is 26.5. The van der Waals surface area contributed by atoms with Crippen LogP contribution in [0.15, 0.2) is 53.0 Å². The maximum absolute atomic E-state index is 12.6. The van der Waals surface area contributed by atoms with E-state index >= 15 is 0 Å². The van der Waals surface area contributed by atoms with Crippen molar-refractivity contribution in [1.82, 2.24) is 10.3 Å². The van der Waals surface area contributed by atoms with Gasteiger partial charge >= 0.3 is 6.09 Å². The number of para-hydroxylation sites is 1. The van der Waals surface area contributed by atoms with E-state index in [1.807, 2.05) is 52.0 Å². The first-order valence-electron chi connectivity index (χ1n) is 12.3. The second-order valence-electron chi connectivity index (χ2n) is 10.6. The number of carbonyl (C=O) groups is 1. The van der Waals surface area contributed by atoms with E-state index in [-0.39, 0.29) is 12.1 Å². The SMILES string of the molecule is Cc1ccc(-c2c(COc3ccccc3Br)c(C)nc(CC(C)C)c2COC(=O)NC(C)(C)C)cc1. The molecule has 0 bridgehead atoms. The molecular formula is C30H37BrN2O3. The Bertz CT molecular complexity index is 1200. The van der Waals surface area contributed by atoms with Gasteiger partial charge in [0.1, 0.15) is 19.0 Å². The number of aryl methyl sites for hydroxylation is 2. The number of carbonyl (C=O) groups excluding carboxylic acids is 1. The lowest BCUT2D eigenvalue weighted by Gasteiger charge is -2.23. The third kappa shape index (κ3) is 7.57. The van der Waals surface area contributed by atoms with E-state index in [4.69, 9.17) is 14.5 Å². The molecule has 6 heteroatoms. The van der Waals surface area contributed by atoms with Crippen LogP contribution in [0.25, 0.3) is 11.1 Å². The molecule has 5 nitrogen and oxygen atoms in total. The summed E-state index contributed by atoms with van der Waals surface area (Å²) < 4.78 is 12.9. The minimum atomic E-state index is -0.445. The summed E-state index contributed by atoms with van der Waals surface area (Å²) >= 11 is 3.57. The van der Waals surface area contributed by atoms with Crippen molar-refractivity contribution in [2.75, 3.05) is 0 Å². The van der Waals surface area contributed by atoms with Crippen LogP contribution in [0, 0.1) is 19.8 Å². The van der Waals surface area contributed by atoms with Crippen molar-refractivity contribution in [3.8, 4) is 16.9 Å². The van der Waals surface area contributed by atoms with Gasteiger partial charge in [0.25, 0.3) is 0 Å². The number of ether oxygens (including phenoxy) is 2. The van der Waals surface area contributed by atoms with Crippen LogP contribution in [-0.4, -0.2) is 16.6 Å². The van der Waals surface area contributed by atoms with E-state index in [9.17, 15) is 4.79 Å². The lowest BCUT2D eigenvalue weighted by atomic mass is 9.90. The summed E-state index contributed by atoms with van der Waals surface area (Å²) in [5.74, 6) is 1.16. The molecule has 2 aromatic carbocycles. The molecule has 0 atom stereocenters. The minimum absolute atomic E-state index is 0.127. The summed E-state index contributed by atoms with van der Waals surface area (Å²) in [6, 6.07) is 16.2. The molecular weight excluding hydrogens is 516 g/mol. The number of nitrogens with one attached hydrogen (secondary N) is 1. The van der Waals surface area contributed by atoms with Gasteiger partial charge in [-0.3, -0.25) is 4.98 Å². The minimum Gasteiger partial charge on any atom is -0.488 e. The maximum Gasteiger partial charge on any atom is 0.407 e. The molecule has 3 rings (SSSR count).